The Morgan fingerprint density at radius 1 is 1.07 bits per heavy atom. The maximum atomic E-state index is 12.7. The molecule has 1 aromatic rings. The molecule has 0 radical (unpaired) electrons. The Bertz CT molecular complexity index is 1410. The molecular formula is C35H56N4O5S2. The van der Waals surface area contributed by atoms with E-state index in [1.807, 2.05) is 0 Å². The second-order valence-electron chi connectivity index (χ2n) is 15.8. The quantitative estimate of drug-likeness (QED) is 0.133. The lowest BCUT2D eigenvalue weighted by molar-refractivity contribution is -0.152. The van der Waals surface area contributed by atoms with Gasteiger partial charge in [0.15, 0.2) is 0 Å². The predicted octanol–water partition coefficient (Wildman–Crippen LogP) is 7.49. The summed E-state index contributed by atoms with van der Waals surface area (Å²) in [6.45, 7) is 14.8. The van der Waals surface area contributed by atoms with Gasteiger partial charge in [-0.05, 0) is 104 Å². The summed E-state index contributed by atoms with van der Waals surface area (Å²) in [6.07, 6.45) is 15.5. The van der Waals surface area contributed by atoms with E-state index in [1.165, 1.54) is 50.5 Å². The third-order valence-electron chi connectivity index (χ3n) is 13.0. The van der Waals surface area contributed by atoms with Crippen molar-refractivity contribution in [3.63, 3.8) is 0 Å². The van der Waals surface area contributed by atoms with Crippen LogP contribution in [0.4, 0.5) is 5.13 Å². The Balaban J connectivity index is 1.13. The molecule has 3 N–H and O–H groups in total. The summed E-state index contributed by atoms with van der Waals surface area (Å²) in [5.74, 6) is 4.70. The van der Waals surface area contributed by atoms with E-state index in [9.17, 15) is 18.0 Å². The van der Waals surface area contributed by atoms with E-state index in [2.05, 4.69) is 63.1 Å². The molecule has 0 bridgehead atoms. The average molecular weight is 677 g/mol. The Morgan fingerprint density at radius 2 is 1.83 bits per heavy atom. The molecule has 1 heterocycles. The van der Waals surface area contributed by atoms with Crippen molar-refractivity contribution in [2.75, 3.05) is 5.32 Å². The number of aromatic nitrogens is 2. The van der Waals surface area contributed by atoms with E-state index in [0.717, 1.165) is 61.2 Å². The number of esters is 1. The number of nitrogens with zero attached hydrogens (tertiary/aromatic N) is 2. The molecule has 0 aromatic carbocycles. The summed E-state index contributed by atoms with van der Waals surface area (Å²) in [7, 11) is -3.98. The number of nitrogens with two attached hydrogens (primary N) is 1. The number of carbonyl (C=O) groups is 2. The van der Waals surface area contributed by atoms with E-state index < -0.39 is 21.9 Å². The van der Waals surface area contributed by atoms with E-state index in [0.29, 0.717) is 22.7 Å². The first-order valence-electron chi connectivity index (χ1n) is 17.7. The van der Waals surface area contributed by atoms with Crippen molar-refractivity contribution < 1.29 is 22.7 Å². The number of amides is 1. The number of hydrogen-bond acceptors (Lipinski definition) is 8. The summed E-state index contributed by atoms with van der Waals surface area (Å²) in [5.41, 5.74) is 2.12. The third kappa shape index (κ3) is 7.26. The Morgan fingerprint density at radius 3 is 2.50 bits per heavy atom. The SMILES string of the molecule is CC[C@H](CC[C@@H](C)[C@H]1CC[C@H]2[C@@H]3CC=C4C[C@@H](OC(=O)CCC(=O)Nc5nnc(S(N)(=O)=O)s5)CC[C@]4(C)[C@H]3CC[C@]12C)C(C)C. The molecular weight excluding hydrogens is 621 g/mol. The number of hydrogen-bond donors (Lipinski definition) is 2. The summed E-state index contributed by atoms with van der Waals surface area (Å²) in [6, 6.07) is 0. The lowest BCUT2D eigenvalue weighted by atomic mass is 9.47. The van der Waals surface area contributed by atoms with Crippen molar-refractivity contribution >= 4 is 38.4 Å². The molecule has 0 unspecified atom stereocenters. The number of fused-ring (bicyclic) bond motifs is 5. The molecule has 1 amide bonds. The molecule has 4 aliphatic rings. The first kappa shape index (κ1) is 35.5. The molecule has 0 aliphatic heterocycles. The third-order valence-corrected chi connectivity index (χ3v) is 15.2. The minimum Gasteiger partial charge on any atom is -0.462 e. The molecule has 258 valence electrons. The zero-order valence-electron chi connectivity index (χ0n) is 28.7. The maximum Gasteiger partial charge on any atom is 0.306 e. The van der Waals surface area contributed by atoms with Crippen molar-refractivity contribution in [1.29, 1.82) is 0 Å². The van der Waals surface area contributed by atoms with Crippen LogP contribution >= 0.6 is 11.3 Å². The number of anilines is 1. The van der Waals surface area contributed by atoms with Gasteiger partial charge >= 0.3 is 5.97 Å². The Kier molecular flexibility index (Phi) is 10.7. The first-order valence-corrected chi connectivity index (χ1v) is 20.1. The fraction of sp³-hybridized carbons (Fsp3) is 0.829. The molecule has 9 atom stereocenters. The van der Waals surface area contributed by atoms with Crippen molar-refractivity contribution in [3.05, 3.63) is 11.6 Å². The van der Waals surface area contributed by atoms with E-state index >= 15 is 0 Å². The van der Waals surface area contributed by atoms with E-state index in [4.69, 9.17) is 9.88 Å². The van der Waals surface area contributed by atoms with Crippen molar-refractivity contribution in [2.24, 2.45) is 57.4 Å². The van der Waals surface area contributed by atoms with Gasteiger partial charge in [-0.1, -0.05) is 77.4 Å². The number of allylic oxidation sites excluding steroid dienone is 1. The minimum atomic E-state index is -3.98. The second kappa shape index (κ2) is 13.9. The Labute approximate surface area is 280 Å². The maximum absolute atomic E-state index is 12.7. The molecule has 1 aromatic heterocycles. The van der Waals surface area contributed by atoms with Gasteiger partial charge in [0.2, 0.25) is 15.4 Å². The van der Waals surface area contributed by atoms with Crippen LogP contribution < -0.4 is 10.5 Å². The van der Waals surface area contributed by atoms with Crippen LogP contribution in [0, 0.1) is 52.3 Å². The fourth-order valence-corrected chi connectivity index (χ4v) is 11.8. The van der Waals surface area contributed by atoms with Gasteiger partial charge in [0, 0.05) is 12.8 Å². The number of carbonyl (C=O) groups excluding carboxylic acids is 2. The average Bonchev–Trinajstić information content (AvgIpc) is 3.61. The highest BCUT2D eigenvalue weighted by Crippen LogP contribution is 2.67. The Hall–Kier alpha value is -1.85. The van der Waals surface area contributed by atoms with Crippen LogP contribution in [0.2, 0.25) is 0 Å². The van der Waals surface area contributed by atoms with Crippen molar-refractivity contribution in [1.82, 2.24) is 10.2 Å². The van der Waals surface area contributed by atoms with Gasteiger partial charge in [0.25, 0.3) is 10.0 Å². The van der Waals surface area contributed by atoms with Crippen LogP contribution in [0.15, 0.2) is 16.0 Å². The second-order valence-corrected chi connectivity index (χ2v) is 18.5. The molecule has 3 fully saturated rings. The molecule has 0 saturated heterocycles. The van der Waals surface area contributed by atoms with Gasteiger partial charge in [-0.3, -0.25) is 9.59 Å². The summed E-state index contributed by atoms with van der Waals surface area (Å²) in [4.78, 5) is 25.0. The summed E-state index contributed by atoms with van der Waals surface area (Å²) < 4.78 is 28.2. The molecule has 46 heavy (non-hydrogen) atoms. The van der Waals surface area contributed by atoms with E-state index in [-0.39, 0.29) is 33.8 Å². The summed E-state index contributed by atoms with van der Waals surface area (Å²) >= 11 is 0.669. The molecule has 5 rings (SSSR count). The number of rotatable bonds is 12. The van der Waals surface area contributed by atoms with Gasteiger partial charge in [0.05, 0.1) is 6.42 Å². The molecule has 11 heteroatoms. The highest BCUT2D eigenvalue weighted by molar-refractivity contribution is 7.91. The number of sulfonamides is 1. The highest BCUT2D eigenvalue weighted by atomic mass is 32.2. The zero-order chi connectivity index (χ0) is 33.4. The van der Waals surface area contributed by atoms with Crippen LogP contribution in [0.5, 0.6) is 0 Å². The fourth-order valence-electron chi connectivity index (χ4n) is 10.4. The van der Waals surface area contributed by atoms with Crippen LogP contribution in [0.1, 0.15) is 125 Å². The summed E-state index contributed by atoms with van der Waals surface area (Å²) in [5, 5.41) is 14.6. The van der Waals surface area contributed by atoms with Gasteiger partial charge in [-0.2, -0.15) is 0 Å². The van der Waals surface area contributed by atoms with Gasteiger partial charge in [-0.15, -0.1) is 10.2 Å². The van der Waals surface area contributed by atoms with Crippen LogP contribution in [-0.2, 0) is 24.3 Å². The topological polar surface area (TPSA) is 141 Å². The minimum absolute atomic E-state index is 0.0221. The van der Waals surface area contributed by atoms with Gasteiger partial charge in [0.1, 0.15) is 6.10 Å². The monoisotopic (exact) mass is 676 g/mol. The normalized spacial score (nSPS) is 33.7. The van der Waals surface area contributed by atoms with Crippen LogP contribution in [0.25, 0.3) is 0 Å². The number of nitrogens with one attached hydrogen (secondary N) is 1. The largest absolute Gasteiger partial charge is 0.462 e. The highest BCUT2D eigenvalue weighted by Gasteiger charge is 2.59. The van der Waals surface area contributed by atoms with E-state index in [1.54, 1.807) is 0 Å². The first-order chi connectivity index (χ1) is 21.7. The van der Waals surface area contributed by atoms with Crippen LogP contribution in [0.3, 0.4) is 0 Å². The smallest absolute Gasteiger partial charge is 0.306 e. The predicted molar refractivity (Wildman–Crippen MR) is 181 cm³/mol. The number of primary sulfonamides is 1. The zero-order valence-corrected chi connectivity index (χ0v) is 30.4. The van der Waals surface area contributed by atoms with Crippen LogP contribution in [-0.4, -0.2) is 36.6 Å². The number of ether oxygens (including phenoxy) is 1. The lowest BCUT2D eigenvalue weighted by Crippen LogP contribution is -2.51. The molecule has 4 aliphatic carbocycles. The van der Waals surface area contributed by atoms with Crippen molar-refractivity contribution in [2.45, 2.75) is 135 Å². The standard InChI is InChI=1S/C35H56N4O5S2/c1-7-23(21(2)3)9-8-22(4)27-12-13-28-26-11-10-24-20-25(16-18-34(24,5)29(26)17-19-35(27,28)6)44-31(41)15-14-30(40)37-32-38-39-33(45-32)46(36,42)43/h10,21-23,25-29H,7-9,11-20H2,1-6H3,(H2,36,42,43)(H,37,38,40)/t22-,23-,25+,26+,27-,28+,29+,34+,35-/m1/s1. The molecule has 3 saturated carbocycles. The molecule has 0 spiro atoms. The van der Waals surface area contributed by atoms with Gasteiger partial charge in [-0.25, -0.2) is 13.6 Å². The van der Waals surface area contributed by atoms with Crippen molar-refractivity contribution in [3.8, 4) is 0 Å². The lowest BCUT2D eigenvalue weighted by Gasteiger charge is -2.58. The molecule has 9 nitrogen and oxygen atoms in total. The van der Waals surface area contributed by atoms with Gasteiger partial charge < -0.3 is 10.1 Å².